The molecule has 1 aliphatic rings. The van der Waals surface area contributed by atoms with Crippen molar-refractivity contribution in [3.8, 4) is 11.8 Å². The van der Waals surface area contributed by atoms with Gasteiger partial charge in [0, 0.05) is 11.1 Å². The number of nitrogens with zero attached hydrogens (tertiary/aromatic N) is 1. The van der Waals surface area contributed by atoms with Gasteiger partial charge in [0.15, 0.2) is 17.1 Å². The molecule has 31 heavy (non-hydrogen) atoms. The van der Waals surface area contributed by atoms with Crippen LogP contribution in [0.2, 0.25) is 5.02 Å². The van der Waals surface area contributed by atoms with E-state index in [1.54, 1.807) is 58.0 Å². The molecule has 6 nitrogen and oxygen atoms in total. The van der Waals surface area contributed by atoms with Crippen LogP contribution in [0.25, 0.3) is 11.1 Å². The Balaban J connectivity index is 1.74. The SMILES string of the molecule is CCc1ccc(Oc2nc3ccc(Cl)cc3o2)cc1C1C(=O)C(C)(C)OC(C)(C)C1=O. The molecule has 3 aromatic rings. The zero-order chi connectivity index (χ0) is 22.6. The number of ketones is 2. The molecule has 7 heteroatoms. The number of rotatable bonds is 4. The minimum atomic E-state index is -1.08. The van der Waals surface area contributed by atoms with Crippen molar-refractivity contribution in [2.24, 2.45) is 0 Å². The molecule has 1 aromatic heterocycles. The number of benzene rings is 2. The van der Waals surface area contributed by atoms with Crippen molar-refractivity contribution in [3.05, 3.63) is 52.5 Å². The first kappa shape index (κ1) is 21.5. The van der Waals surface area contributed by atoms with E-state index in [1.807, 2.05) is 13.0 Å². The normalized spacial score (nSPS) is 18.5. The molecule has 1 aliphatic heterocycles. The number of oxazole rings is 1. The molecule has 2 heterocycles. The summed E-state index contributed by atoms with van der Waals surface area (Å²) in [5.74, 6) is -1.03. The summed E-state index contributed by atoms with van der Waals surface area (Å²) in [5.41, 5.74) is 0.484. The third kappa shape index (κ3) is 3.86. The lowest BCUT2D eigenvalue weighted by Gasteiger charge is -2.43. The second-order valence-electron chi connectivity index (χ2n) is 8.69. The monoisotopic (exact) mass is 441 g/mol. The Bertz CT molecular complexity index is 1170. The summed E-state index contributed by atoms with van der Waals surface area (Å²) in [4.78, 5) is 30.7. The molecule has 162 valence electrons. The largest absolute Gasteiger partial charge is 0.411 e. The Morgan fingerprint density at radius 1 is 1.03 bits per heavy atom. The van der Waals surface area contributed by atoms with Crippen molar-refractivity contribution >= 4 is 34.3 Å². The van der Waals surface area contributed by atoms with Gasteiger partial charge in [-0.15, -0.1) is 0 Å². The highest BCUT2D eigenvalue weighted by Gasteiger charge is 2.53. The van der Waals surface area contributed by atoms with Gasteiger partial charge in [0.05, 0.1) is 0 Å². The van der Waals surface area contributed by atoms with E-state index in [1.165, 1.54) is 0 Å². The van der Waals surface area contributed by atoms with Crippen LogP contribution >= 0.6 is 11.6 Å². The third-order valence-corrected chi connectivity index (χ3v) is 5.80. The molecular formula is C24H24ClNO5. The first-order chi connectivity index (χ1) is 14.5. The van der Waals surface area contributed by atoms with Crippen molar-refractivity contribution in [2.45, 2.75) is 58.2 Å². The lowest BCUT2D eigenvalue weighted by Crippen LogP contribution is -2.58. The number of ether oxygens (including phenoxy) is 2. The molecule has 0 saturated carbocycles. The number of hydrogen-bond donors (Lipinski definition) is 0. The van der Waals surface area contributed by atoms with Crippen LogP contribution in [0.4, 0.5) is 0 Å². The van der Waals surface area contributed by atoms with Gasteiger partial charge in [-0.05, 0) is 69.5 Å². The summed E-state index contributed by atoms with van der Waals surface area (Å²) in [6.07, 6.45) is 0.716. The van der Waals surface area contributed by atoms with Crippen LogP contribution in [0.5, 0.6) is 11.8 Å². The number of Topliss-reactive ketones (excluding diaryl/α,β-unsaturated/α-hetero) is 2. The molecule has 2 aromatic carbocycles. The number of fused-ring (bicyclic) bond motifs is 1. The van der Waals surface area contributed by atoms with E-state index in [0.717, 1.165) is 5.56 Å². The zero-order valence-corrected chi connectivity index (χ0v) is 18.9. The quantitative estimate of drug-likeness (QED) is 0.487. The van der Waals surface area contributed by atoms with Crippen LogP contribution in [0, 0.1) is 0 Å². The van der Waals surface area contributed by atoms with Gasteiger partial charge in [0.2, 0.25) is 0 Å². The molecule has 0 spiro atoms. The van der Waals surface area contributed by atoms with Crippen LogP contribution in [0.3, 0.4) is 0 Å². The summed E-state index contributed by atoms with van der Waals surface area (Å²) in [7, 11) is 0. The maximum atomic E-state index is 13.2. The van der Waals surface area contributed by atoms with Crippen LogP contribution in [-0.2, 0) is 20.7 Å². The summed E-state index contributed by atoms with van der Waals surface area (Å²) in [5, 5.41) is 0.534. The van der Waals surface area contributed by atoms with E-state index < -0.39 is 17.1 Å². The van der Waals surface area contributed by atoms with Crippen LogP contribution < -0.4 is 4.74 Å². The van der Waals surface area contributed by atoms with E-state index in [2.05, 4.69) is 4.98 Å². The highest BCUT2D eigenvalue weighted by Crippen LogP contribution is 2.41. The smallest absolute Gasteiger partial charge is 0.400 e. The van der Waals surface area contributed by atoms with E-state index in [4.69, 9.17) is 25.5 Å². The van der Waals surface area contributed by atoms with Crippen LogP contribution in [0.1, 0.15) is 51.7 Å². The fourth-order valence-corrected chi connectivity index (χ4v) is 4.25. The molecule has 1 fully saturated rings. The fraction of sp³-hybridized carbons (Fsp3) is 0.375. The molecule has 1 saturated heterocycles. The topological polar surface area (TPSA) is 78.6 Å². The average molecular weight is 442 g/mol. The first-order valence-electron chi connectivity index (χ1n) is 10.2. The lowest BCUT2D eigenvalue weighted by molar-refractivity contribution is -0.184. The number of carbonyl (C=O) groups is 2. The predicted molar refractivity (Wildman–Crippen MR) is 117 cm³/mol. The Hall–Kier alpha value is -2.70. The summed E-state index contributed by atoms with van der Waals surface area (Å²) >= 11 is 6.00. The van der Waals surface area contributed by atoms with Gasteiger partial charge in [-0.25, -0.2) is 0 Å². The number of aryl methyl sites for hydroxylation is 1. The minimum Gasteiger partial charge on any atom is -0.411 e. The third-order valence-electron chi connectivity index (χ3n) is 5.57. The predicted octanol–water partition coefficient (Wildman–Crippen LogP) is 5.65. The average Bonchev–Trinajstić information content (AvgIpc) is 3.07. The highest BCUT2D eigenvalue weighted by molar-refractivity contribution is 6.31. The highest BCUT2D eigenvalue weighted by atomic mass is 35.5. The van der Waals surface area contributed by atoms with Gasteiger partial charge >= 0.3 is 6.08 Å². The Morgan fingerprint density at radius 3 is 2.35 bits per heavy atom. The van der Waals surface area contributed by atoms with Gasteiger partial charge in [-0.1, -0.05) is 24.6 Å². The summed E-state index contributed by atoms with van der Waals surface area (Å²) in [6, 6.07) is 10.5. The number of carbonyl (C=O) groups excluding carboxylic acids is 2. The Kier molecular flexibility index (Phi) is 5.18. The van der Waals surface area contributed by atoms with Crippen molar-refractivity contribution < 1.29 is 23.5 Å². The van der Waals surface area contributed by atoms with Gasteiger partial charge in [0.1, 0.15) is 28.4 Å². The van der Waals surface area contributed by atoms with Crippen LogP contribution in [-0.4, -0.2) is 27.8 Å². The second kappa shape index (κ2) is 7.46. The molecular weight excluding hydrogens is 418 g/mol. The van der Waals surface area contributed by atoms with Gasteiger partial charge in [-0.2, -0.15) is 4.98 Å². The number of aromatic nitrogens is 1. The van der Waals surface area contributed by atoms with E-state index in [9.17, 15) is 9.59 Å². The maximum absolute atomic E-state index is 13.2. The van der Waals surface area contributed by atoms with Gasteiger partial charge < -0.3 is 13.9 Å². The van der Waals surface area contributed by atoms with Gasteiger partial charge in [0.25, 0.3) is 0 Å². The Morgan fingerprint density at radius 2 is 1.71 bits per heavy atom. The molecule has 0 N–H and O–H groups in total. The maximum Gasteiger partial charge on any atom is 0.400 e. The molecule has 0 amide bonds. The lowest BCUT2D eigenvalue weighted by atomic mass is 9.73. The van der Waals surface area contributed by atoms with E-state index in [0.29, 0.717) is 33.9 Å². The molecule has 4 rings (SSSR count). The second-order valence-corrected chi connectivity index (χ2v) is 9.13. The molecule has 0 unspecified atom stereocenters. The van der Waals surface area contributed by atoms with Crippen molar-refractivity contribution in [3.63, 3.8) is 0 Å². The number of halogens is 1. The zero-order valence-electron chi connectivity index (χ0n) is 18.1. The first-order valence-corrected chi connectivity index (χ1v) is 10.5. The van der Waals surface area contributed by atoms with Crippen molar-refractivity contribution in [2.75, 3.05) is 0 Å². The molecule has 0 aliphatic carbocycles. The molecule has 0 radical (unpaired) electrons. The van der Waals surface area contributed by atoms with Crippen LogP contribution in [0.15, 0.2) is 40.8 Å². The van der Waals surface area contributed by atoms with Gasteiger partial charge in [-0.3, -0.25) is 9.59 Å². The standard InChI is InChI=1S/C24H24ClNO5/c1-6-13-7-9-15(29-22-26-17-10-8-14(25)11-18(17)30-22)12-16(13)19-20(27)23(2,3)31-24(4,5)21(19)28/h7-12,19H,6H2,1-5H3. The fourth-order valence-electron chi connectivity index (χ4n) is 4.08. The Labute approximate surface area is 185 Å². The van der Waals surface area contributed by atoms with E-state index in [-0.39, 0.29) is 17.6 Å². The van der Waals surface area contributed by atoms with E-state index >= 15 is 0 Å². The minimum absolute atomic E-state index is 0.0535. The summed E-state index contributed by atoms with van der Waals surface area (Å²) < 4.78 is 17.3. The number of hydrogen-bond acceptors (Lipinski definition) is 6. The molecule has 0 atom stereocenters. The van der Waals surface area contributed by atoms with Crippen molar-refractivity contribution in [1.29, 1.82) is 0 Å². The van der Waals surface area contributed by atoms with Crippen molar-refractivity contribution in [1.82, 2.24) is 4.98 Å². The molecule has 0 bridgehead atoms. The summed E-state index contributed by atoms with van der Waals surface area (Å²) in [6.45, 7) is 8.78.